The largest absolute Gasteiger partial charge is 0.310 e. The van der Waals surface area contributed by atoms with Gasteiger partial charge in [-0.3, -0.25) is 0 Å². The highest BCUT2D eigenvalue weighted by Gasteiger charge is 2.33. The van der Waals surface area contributed by atoms with Gasteiger partial charge in [-0.25, -0.2) is 0 Å². The van der Waals surface area contributed by atoms with Crippen molar-refractivity contribution in [3.63, 3.8) is 0 Å². The summed E-state index contributed by atoms with van der Waals surface area (Å²) in [7, 11) is 0. The van der Waals surface area contributed by atoms with Gasteiger partial charge in [-0.2, -0.15) is 11.8 Å². The zero-order valence-corrected chi connectivity index (χ0v) is 10.5. The van der Waals surface area contributed by atoms with Gasteiger partial charge in [-0.05, 0) is 36.3 Å². The minimum absolute atomic E-state index is 0.549. The molecule has 0 radical (unpaired) electrons. The zero-order chi connectivity index (χ0) is 10.2. The van der Waals surface area contributed by atoms with E-state index in [1.54, 1.807) is 0 Å². The molecule has 3 unspecified atom stereocenters. The Morgan fingerprint density at radius 2 is 2.07 bits per heavy atom. The molecule has 0 aromatic heterocycles. The Morgan fingerprint density at radius 1 is 1.29 bits per heavy atom. The van der Waals surface area contributed by atoms with Gasteiger partial charge in [0.15, 0.2) is 0 Å². The molecule has 2 aliphatic rings. The van der Waals surface area contributed by atoms with Crippen molar-refractivity contribution in [2.24, 2.45) is 11.3 Å². The molecule has 2 heteroatoms. The summed E-state index contributed by atoms with van der Waals surface area (Å²) < 4.78 is 0. The lowest BCUT2D eigenvalue weighted by Gasteiger charge is -2.42. The number of hydrogen-bond acceptors (Lipinski definition) is 2. The Morgan fingerprint density at radius 3 is 2.57 bits per heavy atom. The minimum atomic E-state index is 0.549. The molecule has 3 atom stereocenters. The third-order valence-corrected chi connectivity index (χ3v) is 5.30. The van der Waals surface area contributed by atoms with Gasteiger partial charge in [0.1, 0.15) is 0 Å². The van der Waals surface area contributed by atoms with E-state index in [1.807, 2.05) is 0 Å². The summed E-state index contributed by atoms with van der Waals surface area (Å²) in [6.07, 6.45) is 4.20. The van der Waals surface area contributed by atoms with Crippen LogP contribution in [0, 0.1) is 11.3 Å². The van der Waals surface area contributed by atoms with Gasteiger partial charge in [-0.15, -0.1) is 0 Å². The molecule has 0 spiro atoms. The number of rotatable bonds is 2. The summed E-state index contributed by atoms with van der Waals surface area (Å²) in [6.45, 7) is 7.18. The number of thioether (sulfide) groups is 1. The van der Waals surface area contributed by atoms with Gasteiger partial charge < -0.3 is 5.32 Å². The van der Waals surface area contributed by atoms with Crippen LogP contribution in [0.1, 0.15) is 40.0 Å². The Labute approximate surface area is 92.4 Å². The first-order valence-electron chi connectivity index (χ1n) is 5.91. The summed E-state index contributed by atoms with van der Waals surface area (Å²) in [4.78, 5) is 0. The van der Waals surface area contributed by atoms with Crippen LogP contribution in [0.2, 0.25) is 0 Å². The van der Waals surface area contributed by atoms with E-state index in [9.17, 15) is 0 Å². The first-order chi connectivity index (χ1) is 6.57. The topological polar surface area (TPSA) is 12.0 Å². The first kappa shape index (κ1) is 10.8. The van der Waals surface area contributed by atoms with Crippen molar-refractivity contribution in [2.75, 3.05) is 11.5 Å². The van der Waals surface area contributed by atoms with Crippen molar-refractivity contribution in [2.45, 2.75) is 52.1 Å². The van der Waals surface area contributed by atoms with Crippen LogP contribution in [0.15, 0.2) is 0 Å². The summed E-state index contributed by atoms with van der Waals surface area (Å²) >= 11 is 2.13. The Balaban J connectivity index is 1.80. The second kappa shape index (κ2) is 4.05. The lowest BCUT2D eigenvalue weighted by atomic mass is 9.79. The van der Waals surface area contributed by atoms with Crippen LogP contribution in [-0.2, 0) is 0 Å². The van der Waals surface area contributed by atoms with Crippen LogP contribution in [0.3, 0.4) is 0 Å². The maximum atomic E-state index is 3.84. The molecule has 0 bridgehead atoms. The molecule has 2 fully saturated rings. The molecule has 1 heterocycles. The Hall–Kier alpha value is 0.310. The fourth-order valence-corrected chi connectivity index (χ4v) is 3.87. The summed E-state index contributed by atoms with van der Waals surface area (Å²) in [5, 5.41) is 3.84. The van der Waals surface area contributed by atoms with Crippen molar-refractivity contribution >= 4 is 11.8 Å². The van der Waals surface area contributed by atoms with Crippen molar-refractivity contribution in [1.29, 1.82) is 0 Å². The van der Waals surface area contributed by atoms with E-state index in [4.69, 9.17) is 0 Å². The molecule has 1 saturated heterocycles. The molecular formula is C12H23NS. The molecule has 1 N–H and O–H groups in total. The third-order valence-electron chi connectivity index (χ3n) is 3.68. The first-order valence-corrected chi connectivity index (χ1v) is 7.06. The van der Waals surface area contributed by atoms with Gasteiger partial charge in [-0.1, -0.05) is 20.8 Å². The van der Waals surface area contributed by atoms with E-state index >= 15 is 0 Å². The standard InChI is InChI=1S/C12H23NS/c1-9-4-5-11(9)13-10-6-12(2,3)8-14-7-10/h9-11,13H,4-8H2,1-3H3. The van der Waals surface area contributed by atoms with Crippen LogP contribution in [-0.4, -0.2) is 23.6 Å². The summed E-state index contributed by atoms with van der Waals surface area (Å²) in [5.41, 5.74) is 0.549. The number of nitrogens with one attached hydrogen (secondary N) is 1. The smallest absolute Gasteiger partial charge is 0.0166 e. The molecule has 82 valence electrons. The van der Waals surface area contributed by atoms with E-state index in [2.05, 4.69) is 37.8 Å². The molecule has 1 saturated carbocycles. The maximum Gasteiger partial charge on any atom is 0.0166 e. The molecule has 0 aromatic carbocycles. The maximum absolute atomic E-state index is 3.84. The van der Waals surface area contributed by atoms with Crippen LogP contribution in [0.25, 0.3) is 0 Å². The molecule has 0 amide bonds. The quantitative estimate of drug-likeness (QED) is 0.757. The van der Waals surface area contributed by atoms with Gasteiger partial charge in [0.05, 0.1) is 0 Å². The summed E-state index contributed by atoms with van der Waals surface area (Å²) in [6, 6.07) is 1.60. The third kappa shape index (κ3) is 2.46. The minimum Gasteiger partial charge on any atom is -0.310 e. The Bertz CT molecular complexity index is 202. The van der Waals surface area contributed by atoms with Crippen molar-refractivity contribution < 1.29 is 0 Å². The molecule has 1 aliphatic carbocycles. The summed E-state index contributed by atoms with van der Waals surface area (Å²) in [5.74, 6) is 3.59. The molecule has 0 aromatic rings. The zero-order valence-electron chi connectivity index (χ0n) is 9.68. The highest BCUT2D eigenvalue weighted by atomic mass is 32.2. The second-order valence-electron chi connectivity index (χ2n) is 5.91. The lowest BCUT2D eigenvalue weighted by Crippen LogP contribution is -2.51. The van der Waals surface area contributed by atoms with Crippen LogP contribution >= 0.6 is 11.8 Å². The normalized spacial score (nSPS) is 41.8. The van der Waals surface area contributed by atoms with Gasteiger partial charge in [0.2, 0.25) is 0 Å². The van der Waals surface area contributed by atoms with Crippen LogP contribution < -0.4 is 5.32 Å². The van der Waals surface area contributed by atoms with E-state index < -0.39 is 0 Å². The Kier molecular flexibility index (Phi) is 3.13. The monoisotopic (exact) mass is 213 g/mol. The van der Waals surface area contributed by atoms with Crippen LogP contribution in [0.4, 0.5) is 0 Å². The average Bonchev–Trinajstić information content (AvgIpc) is 2.10. The fraction of sp³-hybridized carbons (Fsp3) is 1.00. The SMILES string of the molecule is CC1CCC1NC1CSCC(C)(C)C1. The average molecular weight is 213 g/mol. The van der Waals surface area contributed by atoms with E-state index in [1.165, 1.54) is 30.8 Å². The van der Waals surface area contributed by atoms with Crippen LogP contribution in [0.5, 0.6) is 0 Å². The molecule has 1 aliphatic heterocycles. The molecular weight excluding hydrogens is 190 g/mol. The van der Waals surface area contributed by atoms with Gasteiger partial charge in [0.25, 0.3) is 0 Å². The van der Waals surface area contributed by atoms with E-state index in [0.29, 0.717) is 5.41 Å². The van der Waals surface area contributed by atoms with E-state index in [0.717, 1.165) is 18.0 Å². The highest BCUT2D eigenvalue weighted by molar-refractivity contribution is 7.99. The van der Waals surface area contributed by atoms with E-state index in [-0.39, 0.29) is 0 Å². The van der Waals surface area contributed by atoms with Crippen molar-refractivity contribution in [1.82, 2.24) is 5.32 Å². The van der Waals surface area contributed by atoms with Gasteiger partial charge >= 0.3 is 0 Å². The lowest BCUT2D eigenvalue weighted by molar-refractivity contribution is 0.192. The fourth-order valence-electron chi connectivity index (χ4n) is 2.59. The predicted octanol–water partition coefficient (Wildman–Crippen LogP) is 2.91. The van der Waals surface area contributed by atoms with Crippen molar-refractivity contribution in [3.05, 3.63) is 0 Å². The van der Waals surface area contributed by atoms with Crippen molar-refractivity contribution in [3.8, 4) is 0 Å². The molecule has 14 heavy (non-hydrogen) atoms. The second-order valence-corrected chi connectivity index (χ2v) is 6.94. The highest BCUT2D eigenvalue weighted by Crippen LogP contribution is 2.35. The molecule has 1 nitrogen and oxygen atoms in total. The van der Waals surface area contributed by atoms with Gasteiger partial charge in [0, 0.05) is 17.8 Å². The predicted molar refractivity (Wildman–Crippen MR) is 64.8 cm³/mol. The molecule has 2 rings (SSSR count). The number of hydrogen-bond donors (Lipinski definition) is 1.